The second-order valence-corrected chi connectivity index (χ2v) is 6.99. The van der Waals surface area contributed by atoms with Crippen LogP contribution in [0.2, 0.25) is 0 Å². The molecule has 0 spiro atoms. The molecule has 0 bridgehead atoms. The molecule has 0 radical (unpaired) electrons. The molecule has 2 aromatic rings. The Kier molecular flexibility index (Phi) is 5.03. The molecular formula is C20H24FNO4. The number of benzene rings is 1. The van der Waals surface area contributed by atoms with Gasteiger partial charge in [0.05, 0.1) is 12.0 Å². The molecule has 1 aromatic carbocycles. The van der Waals surface area contributed by atoms with Crippen LogP contribution in [0.5, 0.6) is 0 Å². The minimum absolute atomic E-state index is 0.0547. The normalized spacial score (nSPS) is 19.3. The van der Waals surface area contributed by atoms with Crippen molar-refractivity contribution in [2.75, 3.05) is 6.61 Å². The average molecular weight is 361 g/mol. The molecule has 0 saturated heterocycles. The van der Waals surface area contributed by atoms with Crippen LogP contribution in [-0.2, 0) is 33.7 Å². The molecule has 1 heterocycles. The van der Waals surface area contributed by atoms with E-state index in [9.17, 15) is 19.1 Å². The van der Waals surface area contributed by atoms with E-state index >= 15 is 0 Å². The summed E-state index contributed by atoms with van der Waals surface area (Å²) in [5.74, 6) is -1.51. The number of esters is 1. The lowest BCUT2D eigenvalue weighted by Gasteiger charge is -2.33. The molecule has 0 aliphatic heterocycles. The predicted molar refractivity (Wildman–Crippen MR) is 95.5 cm³/mol. The summed E-state index contributed by atoms with van der Waals surface area (Å²) in [6.07, 6.45) is 2.79. The van der Waals surface area contributed by atoms with E-state index < -0.39 is 11.4 Å². The number of nitrogens with zero attached hydrogens (tertiary/aromatic N) is 1. The van der Waals surface area contributed by atoms with Crippen LogP contribution in [0.15, 0.2) is 18.2 Å². The molecule has 0 saturated carbocycles. The number of ether oxygens (including phenoxy) is 1. The number of halogens is 1. The van der Waals surface area contributed by atoms with Crippen molar-refractivity contribution in [3.63, 3.8) is 0 Å². The van der Waals surface area contributed by atoms with Crippen molar-refractivity contribution in [2.45, 2.75) is 52.5 Å². The molecule has 0 fully saturated rings. The van der Waals surface area contributed by atoms with E-state index in [-0.39, 0.29) is 18.3 Å². The minimum Gasteiger partial charge on any atom is -0.481 e. The fraction of sp³-hybridized carbons (Fsp3) is 0.500. The number of carboxylic acids is 1. The predicted octanol–water partition coefficient (Wildman–Crippen LogP) is 3.70. The quantitative estimate of drug-likeness (QED) is 0.797. The molecule has 1 atom stereocenters. The smallest absolute Gasteiger partial charge is 0.325 e. The fourth-order valence-electron chi connectivity index (χ4n) is 4.21. The Balaban J connectivity index is 2.13. The molecule has 1 aliphatic rings. The highest BCUT2D eigenvalue weighted by molar-refractivity contribution is 5.89. The monoisotopic (exact) mass is 361 g/mol. The van der Waals surface area contributed by atoms with Crippen molar-refractivity contribution in [3.05, 3.63) is 35.3 Å². The maximum atomic E-state index is 13.9. The number of aliphatic carboxylic acids is 1. The van der Waals surface area contributed by atoms with Crippen molar-refractivity contribution < 1.29 is 23.8 Å². The molecule has 1 unspecified atom stereocenters. The number of fused-ring (bicyclic) bond motifs is 3. The molecule has 1 N–H and O–H groups in total. The topological polar surface area (TPSA) is 68.5 Å². The zero-order valence-corrected chi connectivity index (χ0v) is 15.2. The van der Waals surface area contributed by atoms with Crippen molar-refractivity contribution in [1.82, 2.24) is 4.57 Å². The zero-order chi connectivity index (χ0) is 18.9. The first-order valence-corrected chi connectivity index (χ1v) is 9.10. The van der Waals surface area contributed by atoms with Crippen LogP contribution in [0.4, 0.5) is 4.39 Å². The summed E-state index contributed by atoms with van der Waals surface area (Å²) in [5, 5.41) is 10.5. The first-order valence-electron chi connectivity index (χ1n) is 9.10. The third-order valence-electron chi connectivity index (χ3n) is 5.38. The minimum atomic E-state index is -0.822. The standard InChI is InChI=1S/C20H24FNO4/c1-3-8-20(19(24)25)9-7-17-15(11-20)14-10-13(21)5-6-16(14)22(17)12-18(23)26-4-2/h5-6,10H,3-4,7-9,11-12H2,1-2H3,(H,24,25). The van der Waals surface area contributed by atoms with Gasteiger partial charge in [0.2, 0.25) is 0 Å². The third-order valence-corrected chi connectivity index (χ3v) is 5.38. The number of rotatable bonds is 6. The van der Waals surface area contributed by atoms with Crippen molar-refractivity contribution in [1.29, 1.82) is 0 Å². The van der Waals surface area contributed by atoms with Gasteiger partial charge in [0.1, 0.15) is 12.4 Å². The van der Waals surface area contributed by atoms with Crippen LogP contribution in [0.3, 0.4) is 0 Å². The highest BCUT2D eigenvalue weighted by atomic mass is 19.1. The van der Waals surface area contributed by atoms with Crippen LogP contribution < -0.4 is 0 Å². The van der Waals surface area contributed by atoms with E-state index in [0.29, 0.717) is 37.7 Å². The van der Waals surface area contributed by atoms with Gasteiger partial charge in [0.25, 0.3) is 0 Å². The molecule has 5 nitrogen and oxygen atoms in total. The molecule has 140 valence electrons. The molecule has 1 aliphatic carbocycles. The molecule has 0 amide bonds. The van der Waals surface area contributed by atoms with Gasteiger partial charge < -0.3 is 14.4 Å². The third kappa shape index (κ3) is 3.08. The number of carboxylic acid groups (broad SMARTS) is 1. The Bertz CT molecular complexity index is 857. The van der Waals surface area contributed by atoms with Crippen molar-refractivity contribution >= 4 is 22.8 Å². The van der Waals surface area contributed by atoms with E-state index in [2.05, 4.69) is 0 Å². The Morgan fingerprint density at radius 2 is 2.12 bits per heavy atom. The zero-order valence-electron chi connectivity index (χ0n) is 15.2. The lowest BCUT2D eigenvalue weighted by Crippen LogP contribution is -2.37. The van der Waals surface area contributed by atoms with Crippen LogP contribution in [-0.4, -0.2) is 28.2 Å². The Hall–Kier alpha value is -2.37. The summed E-state index contributed by atoms with van der Waals surface area (Å²) in [7, 11) is 0. The summed E-state index contributed by atoms with van der Waals surface area (Å²) in [6.45, 7) is 4.08. The molecule has 26 heavy (non-hydrogen) atoms. The van der Waals surface area contributed by atoms with Gasteiger partial charge in [-0.25, -0.2) is 4.39 Å². The average Bonchev–Trinajstić information content (AvgIpc) is 2.88. The van der Waals surface area contributed by atoms with Crippen LogP contribution in [0, 0.1) is 11.2 Å². The number of aromatic nitrogens is 1. The Morgan fingerprint density at radius 3 is 2.77 bits per heavy atom. The van der Waals surface area contributed by atoms with Crippen LogP contribution in [0.25, 0.3) is 10.9 Å². The molecule has 6 heteroatoms. The lowest BCUT2D eigenvalue weighted by molar-refractivity contribution is -0.150. The Labute approximate surface area is 151 Å². The molecule has 1 aromatic heterocycles. The van der Waals surface area contributed by atoms with Crippen LogP contribution >= 0.6 is 0 Å². The summed E-state index contributed by atoms with van der Waals surface area (Å²) in [5.41, 5.74) is 1.71. The summed E-state index contributed by atoms with van der Waals surface area (Å²) in [6, 6.07) is 4.47. The van der Waals surface area contributed by atoms with Gasteiger partial charge in [-0.1, -0.05) is 13.3 Å². The van der Waals surface area contributed by atoms with E-state index in [1.807, 2.05) is 11.5 Å². The van der Waals surface area contributed by atoms with Gasteiger partial charge in [-0.3, -0.25) is 9.59 Å². The van der Waals surface area contributed by atoms with Gasteiger partial charge in [0.15, 0.2) is 0 Å². The number of hydrogen-bond acceptors (Lipinski definition) is 3. The van der Waals surface area contributed by atoms with Crippen molar-refractivity contribution in [3.8, 4) is 0 Å². The SMILES string of the molecule is CCCC1(C(=O)O)CCc2c(c3cc(F)ccc3n2CC(=O)OCC)C1. The maximum Gasteiger partial charge on any atom is 0.325 e. The van der Waals surface area contributed by atoms with E-state index in [0.717, 1.165) is 23.2 Å². The van der Waals surface area contributed by atoms with Gasteiger partial charge in [-0.05, 0) is 56.4 Å². The largest absolute Gasteiger partial charge is 0.481 e. The maximum absolute atomic E-state index is 13.9. The first kappa shape index (κ1) is 18.4. The highest BCUT2D eigenvalue weighted by Gasteiger charge is 2.42. The molecule has 3 rings (SSSR count). The van der Waals surface area contributed by atoms with E-state index in [4.69, 9.17) is 4.74 Å². The van der Waals surface area contributed by atoms with E-state index in [1.165, 1.54) is 12.1 Å². The summed E-state index contributed by atoms with van der Waals surface area (Å²) < 4.78 is 20.8. The number of hydrogen-bond donors (Lipinski definition) is 1. The number of carbonyl (C=O) groups is 2. The number of carbonyl (C=O) groups excluding carboxylic acids is 1. The summed E-state index contributed by atoms with van der Waals surface area (Å²) >= 11 is 0. The summed E-state index contributed by atoms with van der Waals surface area (Å²) in [4.78, 5) is 24.0. The Morgan fingerprint density at radius 1 is 1.35 bits per heavy atom. The van der Waals surface area contributed by atoms with E-state index in [1.54, 1.807) is 13.0 Å². The first-order chi connectivity index (χ1) is 12.4. The lowest BCUT2D eigenvalue weighted by atomic mass is 9.70. The molecular weight excluding hydrogens is 337 g/mol. The van der Waals surface area contributed by atoms with Crippen LogP contribution in [0.1, 0.15) is 44.4 Å². The highest BCUT2D eigenvalue weighted by Crippen LogP contribution is 2.43. The van der Waals surface area contributed by atoms with Crippen molar-refractivity contribution in [2.24, 2.45) is 5.41 Å². The van der Waals surface area contributed by atoms with Gasteiger partial charge in [-0.2, -0.15) is 0 Å². The van der Waals surface area contributed by atoms with Gasteiger partial charge >= 0.3 is 11.9 Å². The fourth-order valence-corrected chi connectivity index (χ4v) is 4.21. The van der Waals surface area contributed by atoms with Gasteiger partial charge in [-0.15, -0.1) is 0 Å². The second kappa shape index (κ2) is 7.09. The van der Waals surface area contributed by atoms with Gasteiger partial charge in [0, 0.05) is 16.6 Å². The second-order valence-electron chi connectivity index (χ2n) is 6.99.